The number of anilines is 1. The first-order valence-corrected chi connectivity index (χ1v) is 9.29. The van der Waals surface area contributed by atoms with Crippen LogP contribution in [0.3, 0.4) is 0 Å². The molecular weight excluding hydrogens is 327 g/mol. The fraction of sp³-hybridized carbons (Fsp3) is 0.455. The van der Waals surface area contributed by atoms with E-state index >= 15 is 0 Å². The van der Waals surface area contributed by atoms with Gasteiger partial charge in [-0.05, 0) is 25.5 Å². The first kappa shape index (κ1) is 17.4. The molecule has 1 aromatic rings. The van der Waals surface area contributed by atoms with Gasteiger partial charge in [-0.2, -0.15) is 0 Å². The molecule has 20 heavy (non-hydrogen) atoms. The third kappa shape index (κ3) is 4.69. The van der Waals surface area contributed by atoms with E-state index in [-0.39, 0.29) is 10.7 Å². The van der Waals surface area contributed by atoms with Crippen molar-refractivity contribution in [3.63, 3.8) is 0 Å². The number of nitrogens with two attached hydrogens (primary N) is 1. The van der Waals surface area contributed by atoms with Gasteiger partial charge >= 0.3 is 0 Å². The molecule has 0 spiro atoms. The van der Waals surface area contributed by atoms with Gasteiger partial charge in [-0.1, -0.05) is 11.6 Å². The first-order valence-electron chi connectivity index (χ1n) is 5.70. The van der Waals surface area contributed by atoms with Gasteiger partial charge in [0.2, 0.25) is 10.0 Å². The summed E-state index contributed by atoms with van der Waals surface area (Å²) in [6, 6.07) is 1.66. The van der Waals surface area contributed by atoms with E-state index in [4.69, 9.17) is 17.3 Å². The van der Waals surface area contributed by atoms with E-state index < -0.39 is 37.6 Å². The van der Waals surface area contributed by atoms with Gasteiger partial charge in [-0.25, -0.2) is 17.5 Å². The van der Waals surface area contributed by atoms with Crippen molar-refractivity contribution >= 4 is 38.1 Å². The lowest BCUT2D eigenvalue weighted by Gasteiger charge is -2.14. The van der Waals surface area contributed by atoms with Crippen molar-refractivity contribution in [2.45, 2.75) is 24.3 Å². The molecule has 5 nitrogen and oxygen atoms in total. The summed E-state index contributed by atoms with van der Waals surface area (Å²) >= 11 is 5.69. The van der Waals surface area contributed by atoms with Crippen LogP contribution in [0.5, 0.6) is 0 Å². The minimum absolute atomic E-state index is 0.0339. The standard InChI is InChI=1S/C11H16ClFN2O3S2/c1-7(3-4-19(2)16)15-20(17,18)10-6-8(12)5-9(14)11(10)13/h5-7,15H,3-4,14H2,1-2H3. The van der Waals surface area contributed by atoms with E-state index in [9.17, 15) is 17.0 Å². The number of benzene rings is 1. The fourth-order valence-electron chi connectivity index (χ4n) is 1.51. The van der Waals surface area contributed by atoms with E-state index in [1.54, 1.807) is 6.92 Å². The van der Waals surface area contributed by atoms with Gasteiger partial charge in [-0.3, -0.25) is 4.21 Å². The van der Waals surface area contributed by atoms with Crippen LogP contribution in [0.2, 0.25) is 5.02 Å². The van der Waals surface area contributed by atoms with Gasteiger partial charge in [0, 0.05) is 33.9 Å². The van der Waals surface area contributed by atoms with E-state index in [1.165, 1.54) is 6.26 Å². The Labute approximate surface area is 125 Å². The van der Waals surface area contributed by atoms with Crippen molar-refractivity contribution in [3.8, 4) is 0 Å². The topological polar surface area (TPSA) is 89.3 Å². The number of nitrogen functional groups attached to an aromatic ring is 1. The molecule has 0 heterocycles. The van der Waals surface area contributed by atoms with Crippen molar-refractivity contribution < 1.29 is 17.0 Å². The van der Waals surface area contributed by atoms with E-state index in [0.717, 1.165) is 12.1 Å². The Morgan fingerprint density at radius 1 is 1.50 bits per heavy atom. The third-order valence-electron chi connectivity index (χ3n) is 2.52. The second-order valence-corrected chi connectivity index (χ2v) is 8.07. The Bertz CT molecular complexity index is 622. The highest BCUT2D eigenvalue weighted by molar-refractivity contribution is 7.89. The molecule has 0 saturated heterocycles. The normalized spacial score (nSPS) is 15.0. The molecule has 0 bridgehead atoms. The summed E-state index contributed by atoms with van der Waals surface area (Å²) in [5.41, 5.74) is 5.02. The highest BCUT2D eigenvalue weighted by Crippen LogP contribution is 2.25. The Hall–Kier alpha value is -0.700. The van der Waals surface area contributed by atoms with Gasteiger partial charge in [0.1, 0.15) is 4.90 Å². The molecule has 0 aliphatic heterocycles. The highest BCUT2D eigenvalue weighted by atomic mass is 35.5. The fourth-order valence-corrected chi connectivity index (χ4v) is 3.90. The van der Waals surface area contributed by atoms with Gasteiger partial charge in [0.25, 0.3) is 0 Å². The van der Waals surface area contributed by atoms with Crippen molar-refractivity contribution in [1.29, 1.82) is 0 Å². The van der Waals surface area contributed by atoms with Gasteiger partial charge in [-0.15, -0.1) is 0 Å². The van der Waals surface area contributed by atoms with Crippen molar-refractivity contribution in [2.75, 3.05) is 17.7 Å². The van der Waals surface area contributed by atoms with Crippen LogP contribution >= 0.6 is 11.6 Å². The van der Waals surface area contributed by atoms with Gasteiger partial charge in [0.05, 0.1) is 5.69 Å². The average molecular weight is 343 g/mol. The summed E-state index contributed by atoms with van der Waals surface area (Å²) in [6.07, 6.45) is 1.90. The molecule has 2 unspecified atom stereocenters. The summed E-state index contributed by atoms with van der Waals surface area (Å²) in [7, 11) is -5.09. The van der Waals surface area contributed by atoms with Gasteiger partial charge in [0.15, 0.2) is 5.82 Å². The van der Waals surface area contributed by atoms with E-state index in [0.29, 0.717) is 12.2 Å². The first-order chi connectivity index (χ1) is 9.13. The Morgan fingerprint density at radius 3 is 2.65 bits per heavy atom. The SMILES string of the molecule is CC(CCS(C)=O)NS(=O)(=O)c1cc(Cl)cc(N)c1F. The number of rotatable bonds is 6. The van der Waals surface area contributed by atoms with Crippen LogP contribution in [0, 0.1) is 5.82 Å². The number of hydrogen-bond acceptors (Lipinski definition) is 4. The Kier molecular flexibility index (Phi) is 5.93. The van der Waals surface area contributed by atoms with Crippen LogP contribution in [0.4, 0.5) is 10.1 Å². The maximum Gasteiger partial charge on any atom is 0.243 e. The molecule has 3 N–H and O–H groups in total. The van der Waals surface area contributed by atoms with Crippen molar-refractivity contribution in [2.24, 2.45) is 0 Å². The van der Waals surface area contributed by atoms with E-state index in [2.05, 4.69) is 4.72 Å². The summed E-state index contributed by atoms with van der Waals surface area (Å²) in [5, 5.41) is 0.0339. The summed E-state index contributed by atoms with van der Waals surface area (Å²) < 4.78 is 51.2. The van der Waals surface area contributed by atoms with Crippen LogP contribution in [-0.4, -0.2) is 30.7 Å². The zero-order chi connectivity index (χ0) is 15.5. The molecule has 0 aromatic heterocycles. The Balaban J connectivity index is 2.97. The molecular formula is C11H16ClFN2O3S2. The molecule has 0 aliphatic carbocycles. The summed E-state index contributed by atoms with van der Waals surface area (Å²) in [5.74, 6) is -0.683. The molecule has 0 aliphatic rings. The molecule has 0 fully saturated rings. The lowest BCUT2D eigenvalue weighted by molar-refractivity contribution is 0.540. The Morgan fingerprint density at radius 2 is 2.10 bits per heavy atom. The van der Waals surface area contributed by atoms with Crippen molar-refractivity contribution in [1.82, 2.24) is 4.72 Å². The zero-order valence-corrected chi connectivity index (χ0v) is 13.4. The van der Waals surface area contributed by atoms with Crippen LogP contribution in [-0.2, 0) is 20.8 Å². The largest absolute Gasteiger partial charge is 0.396 e. The summed E-state index contributed by atoms with van der Waals surface area (Å²) in [4.78, 5) is -0.591. The molecule has 114 valence electrons. The monoisotopic (exact) mass is 342 g/mol. The van der Waals surface area contributed by atoms with Crippen LogP contribution in [0.25, 0.3) is 0 Å². The lowest BCUT2D eigenvalue weighted by Crippen LogP contribution is -2.34. The predicted molar refractivity (Wildman–Crippen MR) is 79.2 cm³/mol. The number of nitrogens with one attached hydrogen (secondary N) is 1. The average Bonchev–Trinajstić information content (AvgIpc) is 2.30. The zero-order valence-electron chi connectivity index (χ0n) is 11.0. The lowest BCUT2D eigenvalue weighted by atomic mass is 10.3. The second-order valence-electron chi connectivity index (χ2n) is 4.40. The summed E-state index contributed by atoms with van der Waals surface area (Å²) in [6.45, 7) is 1.61. The molecule has 0 saturated carbocycles. The molecule has 2 atom stereocenters. The third-order valence-corrected chi connectivity index (χ3v) is 5.13. The number of sulfonamides is 1. The minimum Gasteiger partial charge on any atom is -0.396 e. The van der Waals surface area contributed by atoms with Gasteiger partial charge < -0.3 is 5.73 Å². The molecule has 0 amide bonds. The van der Waals surface area contributed by atoms with Crippen LogP contribution in [0.1, 0.15) is 13.3 Å². The van der Waals surface area contributed by atoms with Crippen molar-refractivity contribution in [3.05, 3.63) is 23.0 Å². The number of hydrogen-bond donors (Lipinski definition) is 2. The second kappa shape index (κ2) is 6.84. The molecule has 9 heteroatoms. The minimum atomic E-state index is -4.07. The van der Waals surface area contributed by atoms with Crippen LogP contribution in [0.15, 0.2) is 17.0 Å². The van der Waals surface area contributed by atoms with Crippen LogP contribution < -0.4 is 10.5 Å². The highest BCUT2D eigenvalue weighted by Gasteiger charge is 2.23. The maximum atomic E-state index is 13.8. The molecule has 1 aromatic carbocycles. The molecule has 1 rings (SSSR count). The predicted octanol–water partition coefficient (Wildman–Crippen LogP) is 1.50. The molecule has 0 radical (unpaired) electrons. The maximum absolute atomic E-state index is 13.8. The number of halogens is 2. The smallest absolute Gasteiger partial charge is 0.243 e. The quantitative estimate of drug-likeness (QED) is 0.767. The van der Waals surface area contributed by atoms with E-state index in [1.807, 2.05) is 0 Å².